The van der Waals surface area contributed by atoms with Gasteiger partial charge in [-0.1, -0.05) is 36.4 Å². The normalized spacial score (nSPS) is 11.9. The number of aliphatic hydroxyl groups is 1. The molecule has 0 radical (unpaired) electrons. The summed E-state index contributed by atoms with van der Waals surface area (Å²) < 4.78 is 15.2. The molecule has 0 saturated carbocycles. The van der Waals surface area contributed by atoms with E-state index in [1.165, 1.54) is 0 Å². The number of hydrogen-bond donors (Lipinski definition) is 3. The van der Waals surface area contributed by atoms with Crippen LogP contribution < -0.4 is 0 Å². The maximum Gasteiger partial charge on any atom is 0.469 e. The smallest absolute Gasteiger partial charge is 0.392 e. The molecule has 5 nitrogen and oxygen atoms in total. The van der Waals surface area contributed by atoms with Crippen LogP contribution in [-0.4, -0.2) is 14.9 Å². The Morgan fingerprint density at radius 2 is 1.67 bits per heavy atom. The van der Waals surface area contributed by atoms with Gasteiger partial charge < -0.3 is 14.9 Å². The minimum absolute atomic E-state index is 0.135. The molecule has 0 spiro atoms. The Morgan fingerprint density at radius 3 is 2.22 bits per heavy atom. The summed E-state index contributed by atoms with van der Waals surface area (Å²) in [4.78, 5) is 17.4. The van der Waals surface area contributed by atoms with E-state index >= 15 is 0 Å². The molecular weight excluding hydrogens is 255 g/mol. The fourth-order valence-corrected chi connectivity index (χ4v) is 2.21. The van der Waals surface area contributed by atoms with Crippen molar-refractivity contribution in [3.8, 4) is 0 Å². The summed E-state index contributed by atoms with van der Waals surface area (Å²) in [6.45, 7) is -0.330. The van der Waals surface area contributed by atoms with Gasteiger partial charge >= 0.3 is 7.82 Å². The lowest BCUT2D eigenvalue weighted by molar-refractivity contribution is 0.189. The molecule has 3 N–H and O–H groups in total. The minimum atomic E-state index is -4.50. The van der Waals surface area contributed by atoms with Gasteiger partial charge in [0.2, 0.25) is 0 Å². The van der Waals surface area contributed by atoms with Gasteiger partial charge in [-0.25, -0.2) is 4.57 Å². The quantitative estimate of drug-likeness (QED) is 0.738. The predicted octanol–water partition coefficient (Wildman–Crippen LogP) is 1.94. The minimum Gasteiger partial charge on any atom is -0.392 e. The molecule has 2 rings (SSSR count). The highest BCUT2D eigenvalue weighted by Gasteiger charge is 2.15. The summed E-state index contributed by atoms with van der Waals surface area (Å²) in [5.74, 6) is 0. The molecule has 0 heterocycles. The molecule has 0 amide bonds. The van der Waals surface area contributed by atoms with Gasteiger partial charge in [0.25, 0.3) is 0 Å². The lowest BCUT2D eigenvalue weighted by Crippen LogP contribution is -1.95. The first-order valence-electron chi connectivity index (χ1n) is 5.32. The number of rotatable bonds is 4. The summed E-state index contributed by atoms with van der Waals surface area (Å²) in [6, 6.07) is 10.8. The third kappa shape index (κ3) is 2.96. The first kappa shape index (κ1) is 13.2. The zero-order valence-electron chi connectivity index (χ0n) is 9.48. The molecule has 0 aliphatic rings. The van der Waals surface area contributed by atoms with E-state index in [0.717, 1.165) is 10.8 Å². The SMILES string of the molecule is O=P(O)(O)OCc1cccc2cccc(CO)c12. The number of phosphoric ester groups is 1. The second kappa shape index (κ2) is 5.18. The van der Waals surface area contributed by atoms with E-state index in [1.807, 2.05) is 18.2 Å². The van der Waals surface area contributed by atoms with Crippen molar-refractivity contribution in [2.75, 3.05) is 0 Å². The van der Waals surface area contributed by atoms with Crippen LogP contribution >= 0.6 is 7.82 Å². The van der Waals surface area contributed by atoms with E-state index in [2.05, 4.69) is 4.52 Å². The van der Waals surface area contributed by atoms with Crippen molar-refractivity contribution in [3.63, 3.8) is 0 Å². The molecule has 2 aromatic rings. The van der Waals surface area contributed by atoms with Crippen LogP contribution in [0.2, 0.25) is 0 Å². The molecular formula is C12H13O5P. The number of fused-ring (bicyclic) bond motifs is 1. The zero-order chi connectivity index (χ0) is 13.2. The van der Waals surface area contributed by atoms with Gasteiger partial charge in [0, 0.05) is 0 Å². The van der Waals surface area contributed by atoms with Crippen LogP contribution in [0.25, 0.3) is 10.8 Å². The Kier molecular flexibility index (Phi) is 3.80. The molecule has 96 valence electrons. The zero-order valence-corrected chi connectivity index (χ0v) is 10.4. The molecule has 0 bridgehead atoms. The lowest BCUT2D eigenvalue weighted by Gasteiger charge is -2.11. The van der Waals surface area contributed by atoms with Crippen molar-refractivity contribution in [2.24, 2.45) is 0 Å². The van der Waals surface area contributed by atoms with Crippen molar-refractivity contribution in [3.05, 3.63) is 47.5 Å². The molecule has 0 aromatic heterocycles. The van der Waals surface area contributed by atoms with Crippen LogP contribution in [0.5, 0.6) is 0 Å². The average Bonchev–Trinajstić information content (AvgIpc) is 2.34. The van der Waals surface area contributed by atoms with Gasteiger partial charge in [-0.2, -0.15) is 0 Å². The molecule has 0 fully saturated rings. The molecule has 2 aromatic carbocycles. The van der Waals surface area contributed by atoms with E-state index in [9.17, 15) is 9.67 Å². The summed E-state index contributed by atoms with van der Waals surface area (Å²) in [5, 5.41) is 11.0. The number of phosphoric acid groups is 1. The Bertz CT molecular complexity index is 599. The third-order valence-electron chi connectivity index (χ3n) is 2.64. The highest BCUT2D eigenvalue weighted by atomic mass is 31.2. The number of hydrogen-bond acceptors (Lipinski definition) is 3. The third-order valence-corrected chi connectivity index (χ3v) is 3.10. The maximum absolute atomic E-state index is 10.7. The molecule has 6 heteroatoms. The van der Waals surface area contributed by atoms with Gasteiger partial charge in [0.1, 0.15) is 0 Å². The Labute approximate surface area is 104 Å². The van der Waals surface area contributed by atoms with Crippen LogP contribution in [-0.2, 0) is 22.3 Å². The first-order valence-corrected chi connectivity index (χ1v) is 6.85. The van der Waals surface area contributed by atoms with Crippen molar-refractivity contribution in [2.45, 2.75) is 13.2 Å². The molecule has 18 heavy (non-hydrogen) atoms. The molecule has 0 atom stereocenters. The largest absolute Gasteiger partial charge is 0.469 e. The van der Waals surface area contributed by atoms with Crippen LogP contribution in [0, 0.1) is 0 Å². The van der Waals surface area contributed by atoms with Crippen molar-refractivity contribution in [1.29, 1.82) is 0 Å². The maximum atomic E-state index is 10.7. The fourth-order valence-electron chi connectivity index (χ4n) is 1.91. The van der Waals surface area contributed by atoms with Gasteiger partial charge in [0.05, 0.1) is 13.2 Å². The summed E-state index contributed by atoms with van der Waals surface area (Å²) in [7, 11) is -4.50. The summed E-state index contributed by atoms with van der Waals surface area (Å²) in [6.07, 6.45) is 0. The number of benzene rings is 2. The van der Waals surface area contributed by atoms with Crippen molar-refractivity contribution in [1.82, 2.24) is 0 Å². The van der Waals surface area contributed by atoms with E-state index in [1.54, 1.807) is 18.2 Å². The van der Waals surface area contributed by atoms with Gasteiger partial charge in [-0.3, -0.25) is 4.52 Å². The van der Waals surface area contributed by atoms with E-state index in [-0.39, 0.29) is 13.2 Å². The van der Waals surface area contributed by atoms with E-state index < -0.39 is 7.82 Å². The number of aliphatic hydroxyl groups excluding tert-OH is 1. The lowest BCUT2D eigenvalue weighted by atomic mass is 10.00. The average molecular weight is 268 g/mol. The molecule has 0 unspecified atom stereocenters. The molecule has 0 aliphatic heterocycles. The van der Waals surface area contributed by atoms with Gasteiger partial charge in [-0.05, 0) is 21.9 Å². The Balaban J connectivity index is 2.47. The predicted molar refractivity (Wildman–Crippen MR) is 66.7 cm³/mol. The van der Waals surface area contributed by atoms with Crippen molar-refractivity contribution >= 4 is 18.6 Å². The topological polar surface area (TPSA) is 87.0 Å². The van der Waals surface area contributed by atoms with Crippen LogP contribution in [0.1, 0.15) is 11.1 Å². The monoisotopic (exact) mass is 268 g/mol. The van der Waals surface area contributed by atoms with E-state index in [0.29, 0.717) is 11.1 Å². The standard InChI is InChI=1S/C12H13O5P/c13-7-10-5-1-3-9-4-2-6-11(12(9)10)8-17-18(14,15)16/h1-6,13H,7-8H2,(H2,14,15,16). The molecule has 0 aliphatic carbocycles. The summed E-state index contributed by atoms with van der Waals surface area (Å²) >= 11 is 0. The van der Waals surface area contributed by atoms with Crippen LogP contribution in [0.3, 0.4) is 0 Å². The highest BCUT2D eigenvalue weighted by molar-refractivity contribution is 7.46. The second-order valence-corrected chi connectivity index (χ2v) is 5.09. The van der Waals surface area contributed by atoms with Crippen LogP contribution in [0.4, 0.5) is 0 Å². The highest BCUT2D eigenvalue weighted by Crippen LogP contribution is 2.38. The second-order valence-electron chi connectivity index (χ2n) is 3.85. The molecule has 0 saturated heterocycles. The fraction of sp³-hybridized carbons (Fsp3) is 0.167. The first-order chi connectivity index (χ1) is 8.51. The van der Waals surface area contributed by atoms with Gasteiger partial charge in [0.15, 0.2) is 0 Å². The van der Waals surface area contributed by atoms with Gasteiger partial charge in [-0.15, -0.1) is 0 Å². The summed E-state index contributed by atoms with van der Waals surface area (Å²) in [5.41, 5.74) is 1.35. The Morgan fingerprint density at radius 1 is 1.06 bits per heavy atom. The van der Waals surface area contributed by atoms with E-state index in [4.69, 9.17) is 9.79 Å². The van der Waals surface area contributed by atoms with Crippen LogP contribution in [0.15, 0.2) is 36.4 Å². The Hall–Kier alpha value is -1.23. The van der Waals surface area contributed by atoms with Crippen molar-refractivity contribution < 1.29 is 24.0 Å².